The second-order valence-corrected chi connectivity index (χ2v) is 6.75. The molecule has 8 nitrogen and oxygen atoms in total. The minimum absolute atomic E-state index is 0. The lowest BCUT2D eigenvalue weighted by Gasteiger charge is -2.29. The molecule has 2 aliphatic heterocycles. The van der Waals surface area contributed by atoms with Gasteiger partial charge in [0.05, 0.1) is 24.7 Å². The van der Waals surface area contributed by atoms with Gasteiger partial charge in [0.15, 0.2) is 5.69 Å². The SMILES string of the molecule is CN(C)CCNC(=O)c1cc2n(n1)CCN(C(=O)C1CCNC1)C2.Cl.Cl. The smallest absolute Gasteiger partial charge is 0.271 e. The molecular formula is C16H28Cl2N6O2. The first-order chi connectivity index (χ1) is 11.5. The fourth-order valence-corrected chi connectivity index (χ4v) is 3.17. The lowest BCUT2D eigenvalue weighted by molar-refractivity contribution is -0.136. The molecule has 3 heterocycles. The standard InChI is InChI=1S/C16H26N6O2.2ClH/c1-20(2)6-5-18-15(23)14-9-13-11-21(7-8-22(13)19-14)16(24)12-3-4-17-10-12;;/h9,12,17H,3-8,10-11H2,1-2H3,(H,18,23);2*1H. The monoisotopic (exact) mass is 406 g/mol. The Bertz CT molecular complexity index is 616. The van der Waals surface area contributed by atoms with Crippen molar-refractivity contribution in [2.24, 2.45) is 5.92 Å². The first-order valence-corrected chi connectivity index (χ1v) is 8.54. The van der Waals surface area contributed by atoms with E-state index in [4.69, 9.17) is 0 Å². The van der Waals surface area contributed by atoms with Crippen LogP contribution < -0.4 is 10.6 Å². The Morgan fingerprint density at radius 1 is 1.35 bits per heavy atom. The Labute approximate surface area is 166 Å². The molecule has 1 atom stereocenters. The van der Waals surface area contributed by atoms with Crippen LogP contribution in [0.3, 0.4) is 0 Å². The number of fused-ring (bicyclic) bond motifs is 1. The number of nitrogens with zero attached hydrogens (tertiary/aromatic N) is 4. The molecule has 0 aromatic carbocycles. The van der Waals surface area contributed by atoms with Crippen LogP contribution in [0.1, 0.15) is 22.6 Å². The highest BCUT2D eigenvalue weighted by atomic mass is 35.5. The lowest BCUT2D eigenvalue weighted by Crippen LogP contribution is -2.42. The molecule has 3 rings (SSSR count). The Morgan fingerprint density at radius 2 is 2.12 bits per heavy atom. The molecular weight excluding hydrogens is 379 g/mol. The van der Waals surface area contributed by atoms with E-state index in [-0.39, 0.29) is 42.5 Å². The van der Waals surface area contributed by atoms with Gasteiger partial charge in [-0.15, -0.1) is 24.8 Å². The van der Waals surface area contributed by atoms with Gasteiger partial charge in [0.1, 0.15) is 0 Å². The van der Waals surface area contributed by atoms with Crippen molar-refractivity contribution in [1.82, 2.24) is 30.2 Å². The maximum Gasteiger partial charge on any atom is 0.271 e. The molecule has 2 aliphatic rings. The number of carbonyl (C=O) groups is 2. The highest BCUT2D eigenvalue weighted by Gasteiger charge is 2.30. The maximum atomic E-state index is 12.5. The third-order valence-electron chi connectivity index (χ3n) is 4.60. The fraction of sp³-hybridized carbons (Fsp3) is 0.688. The number of amides is 2. The summed E-state index contributed by atoms with van der Waals surface area (Å²) in [5.41, 5.74) is 1.36. The van der Waals surface area contributed by atoms with Gasteiger partial charge in [0.2, 0.25) is 5.91 Å². The van der Waals surface area contributed by atoms with Crippen molar-refractivity contribution < 1.29 is 9.59 Å². The van der Waals surface area contributed by atoms with Crippen LogP contribution in [-0.4, -0.2) is 78.2 Å². The molecule has 1 saturated heterocycles. The quantitative estimate of drug-likeness (QED) is 0.717. The molecule has 0 bridgehead atoms. The third kappa shape index (κ3) is 5.33. The summed E-state index contributed by atoms with van der Waals surface area (Å²) in [7, 11) is 3.93. The van der Waals surface area contributed by atoms with Crippen LogP contribution in [0.15, 0.2) is 6.07 Å². The number of hydrogen-bond donors (Lipinski definition) is 2. The Kier molecular flexibility index (Phi) is 8.82. The molecule has 0 spiro atoms. The van der Waals surface area contributed by atoms with Gasteiger partial charge in [-0.25, -0.2) is 0 Å². The molecule has 0 aliphatic carbocycles. The summed E-state index contributed by atoms with van der Waals surface area (Å²) in [5.74, 6) is 0.148. The number of carbonyl (C=O) groups excluding carboxylic acids is 2. The van der Waals surface area contributed by atoms with Crippen molar-refractivity contribution in [1.29, 1.82) is 0 Å². The van der Waals surface area contributed by atoms with E-state index in [1.165, 1.54) is 0 Å². The molecule has 0 saturated carbocycles. The molecule has 0 radical (unpaired) electrons. The Morgan fingerprint density at radius 3 is 2.77 bits per heavy atom. The zero-order chi connectivity index (χ0) is 17.1. The molecule has 10 heteroatoms. The van der Waals surface area contributed by atoms with E-state index in [1.54, 1.807) is 6.07 Å². The van der Waals surface area contributed by atoms with Crippen molar-refractivity contribution in [3.05, 3.63) is 17.5 Å². The number of nitrogens with one attached hydrogen (secondary N) is 2. The van der Waals surface area contributed by atoms with Crippen molar-refractivity contribution >= 4 is 36.6 Å². The van der Waals surface area contributed by atoms with Gasteiger partial charge in [-0.3, -0.25) is 14.3 Å². The van der Waals surface area contributed by atoms with Crippen LogP contribution in [-0.2, 0) is 17.9 Å². The van der Waals surface area contributed by atoms with Crippen LogP contribution in [0.4, 0.5) is 0 Å². The summed E-state index contributed by atoms with van der Waals surface area (Å²) in [5, 5.41) is 10.5. The molecule has 26 heavy (non-hydrogen) atoms. The summed E-state index contributed by atoms with van der Waals surface area (Å²) >= 11 is 0. The summed E-state index contributed by atoms with van der Waals surface area (Å²) in [4.78, 5) is 28.6. The maximum absolute atomic E-state index is 12.5. The van der Waals surface area contributed by atoms with E-state index in [9.17, 15) is 9.59 Å². The number of rotatable bonds is 5. The summed E-state index contributed by atoms with van der Waals surface area (Å²) < 4.78 is 1.84. The second-order valence-electron chi connectivity index (χ2n) is 6.75. The van der Waals surface area contributed by atoms with E-state index in [0.29, 0.717) is 31.9 Å². The Hall–Kier alpha value is -1.35. The largest absolute Gasteiger partial charge is 0.349 e. The van der Waals surface area contributed by atoms with Crippen LogP contribution in [0.2, 0.25) is 0 Å². The third-order valence-corrected chi connectivity index (χ3v) is 4.60. The molecule has 2 amide bonds. The normalized spacial score (nSPS) is 18.7. The molecule has 2 N–H and O–H groups in total. The van der Waals surface area contributed by atoms with Gasteiger partial charge in [0, 0.05) is 26.2 Å². The predicted octanol–water partition coefficient (Wildman–Crippen LogP) is -0.0302. The van der Waals surface area contributed by atoms with Crippen LogP contribution >= 0.6 is 24.8 Å². The first-order valence-electron chi connectivity index (χ1n) is 8.54. The van der Waals surface area contributed by atoms with Crippen LogP contribution in [0.25, 0.3) is 0 Å². The minimum atomic E-state index is -0.156. The van der Waals surface area contributed by atoms with Crippen molar-refractivity contribution in [2.75, 3.05) is 46.8 Å². The molecule has 1 unspecified atom stereocenters. The minimum Gasteiger partial charge on any atom is -0.349 e. The Balaban J connectivity index is 0.00000169. The van der Waals surface area contributed by atoms with Crippen molar-refractivity contribution in [3.8, 4) is 0 Å². The van der Waals surface area contributed by atoms with Gasteiger partial charge in [0.25, 0.3) is 5.91 Å². The van der Waals surface area contributed by atoms with Crippen LogP contribution in [0, 0.1) is 5.92 Å². The predicted molar refractivity (Wildman–Crippen MR) is 104 cm³/mol. The van der Waals surface area contributed by atoms with E-state index >= 15 is 0 Å². The highest BCUT2D eigenvalue weighted by molar-refractivity contribution is 5.92. The second kappa shape index (κ2) is 10.1. The highest BCUT2D eigenvalue weighted by Crippen LogP contribution is 2.18. The lowest BCUT2D eigenvalue weighted by atomic mass is 10.1. The number of halogens is 2. The fourth-order valence-electron chi connectivity index (χ4n) is 3.17. The summed E-state index contributed by atoms with van der Waals surface area (Å²) in [6.45, 7) is 4.91. The van der Waals surface area contributed by atoms with Gasteiger partial charge >= 0.3 is 0 Å². The number of hydrogen-bond acceptors (Lipinski definition) is 5. The van der Waals surface area contributed by atoms with E-state index in [0.717, 1.165) is 31.7 Å². The summed E-state index contributed by atoms with van der Waals surface area (Å²) in [6, 6.07) is 1.80. The zero-order valence-electron chi connectivity index (χ0n) is 15.2. The van der Waals surface area contributed by atoms with Gasteiger partial charge in [-0.1, -0.05) is 0 Å². The van der Waals surface area contributed by atoms with Gasteiger partial charge in [-0.05, 0) is 33.1 Å². The van der Waals surface area contributed by atoms with E-state index in [2.05, 4.69) is 15.7 Å². The zero-order valence-corrected chi connectivity index (χ0v) is 16.9. The molecule has 1 aromatic heterocycles. The average Bonchev–Trinajstić information content (AvgIpc) is 3.22. The number of likely N-dealkylation sites (N-methyl/N-ethyl adjacent to an activating group) is 1. The van der Waals surface area contributed by atoms with Crippen LogP contribution in [0.5, 0.6) is 0 Å². The van der Waals surface area contributed by atoms with Crippen molar-refractivity contribution in [3.63, 3.8) is 0 Å². The average molecular weight is 407 g/mol. The van der Waals surface area contributed by atoms with Crippen molar-refractivity contribution in [2.45, 2.75) is 19.5 Å². The molecule has 148 valence electrons. The van der Waals surface area contributed by atoms with E-state index < -0.39 is 0 Å². The van der Waals surface area contributed by atoms with E-state index in [1.807, 2.05) is 28.6 Å². The molecule has 1 fully saturated rings. The summed E-state index contributed by atoms with van der Waals surface area (Å²) in [6.07, 6.45) is 0.911. The topological polar surface area (TPSA) is 82.5 Å². The first kappa shape index (κ1) is 22.7. The van der Waals surface area contributed by atoms with Gasteiger partial charge < -0.3 is 20.4 Å². The number of aromatic nitrogens is 2. The molecule has 1 aromatic rings. The van der Waals surface area contributed by atoms with Gasteiger partial charge in [-0.2, -0.15) is 5.10 Å².